The van der Waals surface area contributed by atoms with Crippen molar-refractivity contribution in [2.75, 3.05) is 5.73 Å². The maximum atomic E-state index is 6.20. The van der Waals surface area contributed by atoms with Gasteiger partial charge in [0.2, 0.25) is 4.96 Å². The fourth-order valence-corrected chi connectivity index (χ4v) is 3.11. The SMILES string of the molecule is CC(C)c1nnc2sc(-c3c(N)cccc3Cl)nn12. The summed E-state index contributed by atoms with van der Waals surface area (Å²) in [4.78, 5) is 0.748. The largest absolute Gasteiger partial charge is 0.398 e. The van der Waals surface area contributed by atoms with Crippen molar-refractivity contribution in [2.24, 2.45) is 0 Å². The molecule has 0 aliphatic rings. The van der Waals surface area contributed by atoms with Crippen molar-refractivity contribution in [3.63, 3.8) is 0 Å². The normalized spacial score (nSPS) is 11.6. The van der Waals surface area contributed by atoms with Crippen molar-refractivity contribution in [3.8, 4) is 10.6 Å². The predicted molar refractivity (Wildman–Crippen MR) is 77.6 cm³/mol. The van der Waals surface area contributed by atoms with E-state index in [1.165, 1.54) is 11.3 Å². The molecule has 2 heterocycles. The van der Waals surface area contributed by atoms with Crippen LogP contribution in [0.1, 0.15) is 25.6 Å². The molecule has 0 aliphatic carbocycles. The molecule has 7 heteroatoms. The number of hydrogen-bond acceptors (Lipinski definition) is 5. The standard InChI is InChI=1S/C12H12ClN5S/c1-6(2)10-15-16-12-18(10)17-11(19-12)9-7(13)4-3-5-8(9)14/h3-6H,14H2,1-2H3. The van der Waals surface area contributed by atoms with Crippen molar-refractivity contribution in [1.29, 1.82) is 0 Å². The highest BCUT2D eigenvalue weighted by molar-refractivity contribution is 7.20. The summed E-state index contributed by atoms with van der Waals surface area (Å²) in [5.41, 5.74) is 7.35. The van der Waals surface area contributed by atoms with Gasteiger partial charge in [0, 0.05) is 11.6 Å². The van der Waals surface area contributed by atoms with E-state index in [2.05, 4.69) is 29.1 Å². The van der Waals surface area contributed by atoms with Crippen LogP contribution >= 0.6 is 22.9 Å². The number of benzene rings is 1. The highest BCUT2D eigenvalue weighted by Gasteiger charge is 2.17. The quantitative estimate of drug-likeness (QED) is 0.737. The van der Waals surface area contributed by atoms with Crippen LogP contribution in [-0.2, 0) is 0 Å². The lowest BCUT2D eigenvalue weighted by atomic mass is 10.2. The number of halogens is 1. The first-order chi connectivity index (χ1) is 9.08. The van der Waals surface area contributed by atoms with Gasteiger partial charge in [-0.1, -0.05) is 42.9 Å². The van der Waals surface area contributed by atoms with Crippen LogP contribution in [0.25, 0.3) is 15.5 Å². The van der Waals surface area contributed by atoms with Crippen LogP contribution in [0.15, 0.2) is 18.2 Å². The number of hydrogen-bond donors (Lipinski definition) is 1. The van der Waals surface area contributed by atoms with Gasteiger partial charge in [-0.05, 0) is 12.1 Å². The summed E-state index contributed by atoms with van der Waals surface area (Å²) < 4.78 is 1.76. The van der Waals surface area contributed by atoms with E-state index in [1.807, 2.05) is 12.1 Å². The molecular weight excluding hydrogens is 282 g/mol. The Morgan fingerprint density at radius 1 is 1.32 bits per heavy atom. The lowest BCUT2D eigenvalue weighted by molar-refractivity contribution is 0.727. The Balaban J connectivity index is 2.21. The average Bonchev–Trinajstić information content (AvgIpc) is 2.87. The fourth-order valence-electron chi connectivity index (χ4n) is 1.86. The summed E-state index contributed by atoms with van der Waals surface area (Å²) in [6.45, 7) is 4.11. The molecule has 0 atom stereocenters. The maximum absolute atomic E-state index is 6.20. The zero-order chi connectivity index (χ0) is 13.6. The molecule has 5 nitrogen and oxygen atoms in total. The molecule has 19 heavy (non-hydrogen) atoms. The number of rotatable bonds is 2. The third kappa shape index (κ3) is 1.97. The first-order valence-electron chi connectivity index (χ1n) is 5.84. The number of nitrogens with zero attached hydrogens (tertiary/aromatic N) is 4. The van der Waals surface area contributed by atoms with E-state index in [0.717, 1.165) is 21.4 Å². The van der Waals surface area contributed by atoms with Gasteiger partial charge in [0.15, 0.2) is 10.8 Å². The Hall–Kier alpha value is -1.66. The number of aromatic nitrogens is 4. The fraction of sp³-hybridized carbons (Fsp3) is 0.250. The number of anilines is 1. The summed E-state index contributed by atoms with van der Waals surface area (Å²) in [6, 6.07) is 5.44. The molecule has 0 bridgehead atoms. The van der Waals surface area contributed by atoms with Gasteiger partial charge in [0.05, 0.1) is 10.6 Å². The summed E-state index contributed by atoms with van der Waals surface area (Å²) in [7, 11) is 0. The molecular formula is C12H12ClN5S. The van der Waals surface area contributed by atoms with Gasteiger partial charge >= 0.3 is 0 Å². The van der Waals surface area contributed by atoms with E-state index in [9.17, 15) is 0 Å². The van der Waals surface area contributed by atoms with E-state index in [1.54, 1.807) is 10.6 Å². The topological polar surface area (TPSA) is 69.1 Å². The first-order valence-corrected chi connectivity index (χ1v) is 7.04. The summed E-state index contributed by atoms with van der Waals surface area (Å²) in [6.07, 6.45) is 0. The van der Waals surface area contributed by atoms with E-state index in [0.29, 0.717) is 10.7 Å². The van der Waals surface area contributed by atoms with Gasteiger partial charge in [0.25, 0.3) is 0 Å². The smallest absolute Gasteiger partial charge is 0.234 e. The third-order valence-corrected chi connectivity index (χ3v) is 4.02. The van der Waals surface area contributed by atoms with E-state index < -0.39 is 0 Å². The Morgan fingerprint density at radius 2 is 2.11 bits per heavy atom. The van der Waals surface area contributed by atoms with Crippen LogP contribution in [0.5, 0.6) is 0 Å². The van der Waals surface area contributed by atoms with Crippen molar-refractivity contribution in [1.82, 2.24) is 19.8 Å². The molecule has 2 N–H and O–H groups in total. The molecule has 1 aromatic carbocycles. The predicted octanol–water partition coefficient (Wildman–Crippen LogP) is 3.21. The molecule has 0 amide bonds. The van der Waals surface area contributed by atoms with Crippen LogP contribution in [0.3, 0.4) is 0 Å². The Morgan fingerprint density at radius 3 is 2.79 bits per heavy atom. The Bertz CT molecular complexity index is 725. The molecule has 0 unspecified atom stereocenters. The van der Waals surface area contributed by atoms with Gasteiger partial charge in [-0.25, -0.2) is 0 Å². The highest BCUT2D eigenvalue weighted by atomic mass is 35.5. The summed E-state index contributed by atoms with van der Waals surface area (Å²) in [5.74, 6) is 1.09. The molecule has 3 aromatic rings. The van der Waals surface area contributed by atoms with Crippen molar-refractivity contribution >= 4 is 33.6 Å². The van der Waals surface area contributed by atoms with Crippen LogP contribution in [0.2, 0.25) is 5.02 Å². The van der Waals surface area contributed by atoms with Gasteiger partial charge < -0.3 is 5.73 Å². The zero-order valence-corrected chi connectivity index (χ0v) is 12.0. The number of fused-ring (bicyclic) bond motifs is 1. The van der Waals surface area contributed by atoms with E-state index >= 15 is 0 Å². The minimum absolute atomic E-state index is 0.258. The second kappa shape index (κ2) is 4.47. The molecule has 3 rings (SSSR count). The van der Waals surface area contributed by atoms with Crippen LogP contribution < -0.4 is 5.73 Å². The molecule has 2 aromatic heterocycles. The van der Waals surface area contributed by atoms with Crippen molar-refractivity contribution in [2.45, 2.75) is 19.8 Å². The second-order valence-corrected chi connectivity index (χ2v) is 5.88. The van der Waals surface area contributed by atoms with E-state index in [-0.39, 0.29) is 5.92 Å². The van der Waals surface area contributed by atoms with Gasteiger partial charge in [-0.2, -0.15) is 9.61 Å². The highest BCUT2D eigenvalue weighted by Crippen LogP contribution is 2.35. The summed E-state index contributed by atoms with van der Waals surface area (Å²) in [5, 5.41) is 14.1. The Labute approximate surface area is 119 Å². The zero-order valence-electron chi connectivity index (χ0n) is 10.5. The molecule has 0 saturated heterocycles. The number of nitrogens with two attached hydrogens (primary N) is 1. The maximum Gasteiger partial charge on any atom is 0.234 e. The second-order valence-electron chi connectivity index (χ2n) is 4.52. The van der Waals surface area contributed by atoms with Gasteiger partial charge in [0.1, 0.15) is 0 Å². The molecule has 0 saturated carbocycles. The average molecular weight is 294 g/mol. The minimum atomic E-state index is 0.258. The monoisotopic (exact) mass is 293 g/mol. The molecule has 0 aliphatic heterocycles. The minimum Gasteiger partial charge on any atom is -0.398 e. The lowest BCUT2D eigenvalue weighted by Gasteiger charge is -2.03. The van der Waals surface area contributed by atoms with Crippen molar-refractivity contribution < 1.29 is 0 Å². The van der Waals surface area contributed by atoms with Gasteiger partial charge in [-0.15, -0.1) is 10.2 Å². The third-order valence-electron chi connectivity index (χ3n) is 2.79. The first kappa shape index (κ1) is 12.4. The van der Waals surface area contributed by atoms with Crippen LogP contribution in [-0.4, -0.2) is 19.8 Å². The van der Waals surface area contributed by atoms with Crippen LogP contribution in [0.4, 0.5) is 5.69 Å². The number of nitrogen functional groups attached to an aromatic ring is 1. The molecule has 98 valence electrons. The van der Waals surface area contributed by atoms with E-state index in [4.69, 9.17) is 17.3 Å². The van der Waals surface area contributed by atoms with Crippen LogP contribution in [0, 0.1) is 0 Å². The van der Waals surface area contributed by atoms with Gasteiger partial charge in [-0.3, -0.25) is 0 Å². The lowest BCUT2D eigenvalue weighted by Crippen LogP contribution is -1.98. The van der Waals surface area contributed by atoms with Crippen molar-refractivity contribution in [3.05, 3.63) is 29.0 Å². The molecule has 0 radical (unpaired) electrons. The Kier molecular flexibility index (Phi) is 2.91. The molecule has 0 spiro atoms. The molecule has 0 fully saturated rings. The summed E-state index contributed by atoms with van der Waals surface area (Å²) >= 11 is 7.63.